The maximum absolute atomic E-state index is 5.59. The molecule has 2 aliphatic heterocycles. The predicted molar refractivity (Wildman–Crippen MR) is 52.9 cm³/mol. The van der Waals surface area contributed by atoms with Crippen molar-refractivity contribution in [1.82, 2.24) is 10.2 Å². The predicted octanol–water partition coefficient (Wildman–Crippen LogP) is 0.457. The van der Waals surface area contributed by atoms with E-state index in [4.69, 9.17) is 4.74 Å². The van der Waals surface area contributed by atoms with Crippen LogP contribution in [0.1, 0.15) is 19.8 Å². The van der Waals surface area contributed by atoms with E-state index in [-0.39, 0.29) is 0 Å². The van der Waals surface area contributed by atoms with Crippen LogP contribution in [0.15, 0.2) is 0 Å². The Labute approximate surface area is 80.4 Å². The molecule has 0 saturated carbocycles. The summed E-state index contributed by atoms with van der Waals surface area (Å²) in [5.74, 6) is 0. The Morgan fingerprint density at radius 1 is 1.31 bits per heavy atom. The number of nitrogens with one attached hydrogen (secondary N) is 1. The van der Waals surface area contributed by atoms with E-state index in [0.29, 0.717) is 18.1 Å². The molecule has 0 aliphatic carbocycles. The van der Waals surface area contributed by atoms with Gasteiger partial charge in [0.1, 0.15) is 0 Å². The molecule has 3 heteroatoms. The first-order valence-electron chi connectivity index (χ1n) is 5.36. The van der Waals surface area contributed by atoms with E-state index in [2.05, 4.69) is 24.2 Å². The maximum Gasteiger partial charge on any atom is 0.0623 e. The third-order valence-corrected chi connectivity index (χ3v) is 3.45. The highest BCUT2D eigenvalue weighted by atomic mass is 16.5. The van der Waals surface area contributed by atoms with Crippen LogP contribution in [0.2, 0.25) is 0 Å². The first-order valence-corrected chi connectivity index (χ1v) is 5.36. The molecule has 2 rings (SSSR count). The van der Waals surface area contributed by atoms with Gasteiger partial charge >= 0.3 is 0 Å². The second kappa shape index (κ2) is 3.95. The summed E-state index contributed by atoms with van der Waals surface area (Å²) >= 11 is 0. The zero-order valence-corrected chi connectivity index (χ0v) is 8.62. The van der Waals surface area contributed by atoms with Crippen LogP contribution in [0.25, 0.3) is 0 Å². The van der Waals surface area contributed by atoms with Crippen LogP contribution in [-0.4, -0.2) is 49.8 Å². The summed E-state index contributed by atoms with van der Waals surface area (Å²) in [6, 6.07) is 2.03. The van der Waals surface area contributed by atoms with Crippen LogP contribution in [-0.2, 0) is 4.74 Å². The van der Waals surface area contributed by atoms with Gasteiger partial charge in [-0.3, -0.25) is 4.90 Å². The van der Waals surface area contributed by atoms with Crippen LogP contribution in [0, 0.1) is 0 Å². The van der Waals surface area contributed by atoms with Gasteiger partial charge in [0.05, 0.1) is 13.2 Å². The van der Waals surface area contributed by atoms with Gasteiger partial charge in [0, 0.05) is 18.1 Å². The van der Waals surface area contributed by atoms with Crippen molar-refractivity contribution in [3.63, 3.8) is 0 Å². The molecular formula is C10H20N2O. The summed E-state index contributed by atoms with van der Waals surface area (Å²) < 4.78 is 5.59. The fraction of sp³-hybridized carbons (Fsp3) is 1.00. The van der Waals surface area contributed by atoms with Crippen LogP contribution < -0.4 is 5.32 Å². The van der Waals surface area contributed by atoms with E-state index in [1.54, 1.807) is 0 Å². The lowest BCUT2D eigenvalue weighted by molar-refractivity contribution is -0.0777. The standard InChI is InChI=1S/C10H20N2O/c1-3-12-9-4-8(11-2)5-10(12)7-13-6-9/h8-11H,3-7H2,1-2H3. The molecule has 0 spiro atoms. The number of nitrogens with zero attached hydrogens (tertiary/aromatic N) is 1. The van der Waals surface area contributed by atoms with Gasteiger partial charge in [-0.25, -0.2) is 0 Å². The van der Waals surface area contributed by atoms with E-state index >= 15 is 0 Å². The van der Waals surface area contributed by atoms with E-state index in [1.807, 2.05) is 0 Å². The zero-order valence-electron chi connectivity index (χ0n) is 8.62. The highest BCUT2D eigenvalue weighted by molar-refractivity contribution is 4.93. The first-order chi connectivity index (χ1) is 6.35. The number of hydrogen-bond donors (Lipinski definition) is 1. The quantitative estimate of drug-likeness (QED) is 0.674. The number of likely N-dealkylation sites (N-methyl/N-ethyl adjacent to an activating group) is 1. The van der Waals surface area contributed by atoms with E-state index < -0.39 is 0 Å². The van der Waals surface area contributed by atoms with E-state index in [1.165, 1.54) is 19.4 Å². The summed E-state index contributed by atoms with van der Waals surface area (Å²) in [6.45, 7) is 5.30. The fourth-order valence-corrected chi connectivity index (χ4v) is 2.74. The molecular weight excluding hydrogens is 164 g/mol. The molecule has 2 unspecified atom stereocenters. The Morgan fingerprint density at radius 3 is 2.38 bits per heavy atom. The SMILES string of the molecule is CCN1C2COCC1CC(NC)C2. The molecule has 2 aliphatic rings. The molecule has 0 aromatic carbocycles. The van der Waals surface area contributed by atoms with Gasteiger partial charge < -0.3 is 10.1 Å². The third-order valence-electron chi connectivity index (χ3n) is 3.45. The first kappa shape index (κ1) is 9.44. The summed E-state index contributed by atoms with van der Waals surface area (Å²) in [5, 5.41) is 3.39. The molecule has 3 nitrogen and oxygen atoms in total. The Morgan fingerprint density at radius 2 is 1.92 bits per heavy atom. The second-order valence-electron chi connectivity index (χ2n) is 4.13. The van der Waals surface area contributed by atoms with Crippen molar-refractivity contribution in [2.75, 3.05) is 26.8 Å². The lowest BCUT2D eigenvalue weighted by Crippen LogP contribution is -2.59. The van der Waals surface area contributed by atoms with Crippen molar-refractivity contribution in [3.8, 4) is 0 Å². The van der Waals surface area contributed by atoms with Gasteiger partial charge in [-0.05, 0) is 26.4 Å². The van der Waals surface area contributed by atoms with E-state index in [0.717, 1.165) is 13.2 Å². The Kier molecular flexibility index (Phi) is 2.86. The summed E-state index contributed by atoms with van der Waals surface area (Å²) in [6.07, 6.45) is 2.50. The molecule has 1 N–H and O–H groups in total. The largest absolute Gasteiger partial charge is 0.378 e. The number of hydrogen-bond acceptors (Lipinski definition) is 3. The summed E-state index contributed by atoms with van der Waals surface area (Å²) in [5.41, 5.74) is 0. The van der Waals surface area contributed by atoms with Crippen molar-refractivity contribution in [1.29, 1.82) is 0 Å². The highest BCUT2D eigenvalue weighted by Gasteiger charge is 2.37. The second-order valence-corrected chi connectivity index (χ2v) is 4.13. The molecule has 0 amide bonds. The smallest absolute Gasteiger partial charge is 0.0623 e. The minimum atomic E-state index is 0.662. The molecule has 2 fully saturated rings. The Bertz CT molecular complexity index is 160. The normalized spacial score (nSPS) is 40.6. The zero-order chi connectivity index (χ0) is 9.26. The molecule has 0 aromatic heterocycles. The lowest BCUT2D eigenvalue weighted by atomic mass is 9.90. The maximum atomic E-state index is 5.59. The minimum Gasteiger partial charge on any atom is -0.378 e. The van der Waals surface area contributed by atoms with Crippen LogP contribution in [0.5, 0.6) is 0 Å². The molecule has 2 heterocycles. The van der Waals surface area contributed by atoms with Crippen molar-refractivity contribution < 1.29 is 4.74 Å². The molecule has 0 radical (unpaired) electrons. The Hall–Kier alpha value is -0.120. The molecule has 13 heavy (non-hydrogen) atoms. The topological polar surface area (TPSA) is 24.5 Å². The van der Waals surface area contributed by atoms with Crippen LogP contribution in [0.3, 0.4) is 0 Å². The number of fused-ring (bicyclic) bond motifs is 2. The van der Waals surface area contributed by atoms with Crippen LogP contribution >= 0.6 is 0 Å². The van der Waals surface area contributed by atoms with Gasteiger partial charge in [0.25, 0.3) is 0 Å². The molecule has 2 saturated heterocycles. The van der Waals surface area contributed by atoms with Gasteiger partial charge in [0.2, 0.25) is 0 Å². The van der Waals surface area contributed by atoms with Crippen molar-refractivity contribution >= 4 is 0 Å². The van der Waals surface area contributed by atoms with Crippen molar-refractivity contribution in [3.05, 3.63) is 0 Å². The van der Waals surface area contributed by atoms with Crippen molar-refractivity contribution in [2.24, 2.45) is 0 Å². The Balaban J connectivity index is 2.03. The number of morpholine rings is 1. The summed E-state index contributed by atoms with van der Waals surface area (Å²) in [7, 11) is 2.07. The third kappa shape index (κ3) is 1.73. The average molecular weight is 184 g/mol. The van der Waals surface area contributed by atoms with Crippen LogP contribution in [0.4, 0.5) is 0 Å². The van der Waals surface area contributed by atoms with Gasteiger partial charge in [-0.15, -0.1) is 0 Å². The number of ether oxygens (including phenoxy) is 1. The number of rotatable bonds is 2. The molecule has 76 valence electrons. The molecule has 0 aromatic rings. The number of piperidine rings is 1. The van der Waals surface area contributed by atoms with Gasteiger partial charge in [0.15, 0.2) is 0 Å². The average Bonchev–Trinajstić information content (AvgIpc) is 2.15. The van der Waals surface area contributed by atoms with Crippen molar-refractivity contribution in [2.45, 2.75) is 37.9 Å². The minimum absolute atomic E-state index is 0.662. The highest BCUT2D eigenvalue weighted by Crippen LogP contribution is 2.26. The summed E-state index contributed by atoms with van der Waals surface area (Å²) in [4.78, 5) is 2.61. The van der Waals surface area contributed by atoms with E-state index in [9.17, 15) is 0 Å². The van der Waals surface area contributed by atoms with Gasteiger partial charge in [-0.2, -0.15) is 0 Å². The molecule has 2 bridgehead atoms. The monoisotopic (exact) mass is 184 g/mol. The molecule has 2 atom stereocenters. The van der Waals surface area contributed by atoms with Gasteiger partial charge in [-0.1, -0.05) is 6.92 Å². The fourth-order valence-electron chi connectivity index (χ4n) is 2.74. The lowest BCUT2D eigenvalue weighted by Gasteiger charge is -2.48.